The maximum Gasteiger partial charge on any atom is 0.162 e. The highest BCUT2D eigenvalue weighted by Gasteiger charge is 2.27. The minimum Gasteiger partial charge on any atom is -0.398 e. The predicted octanol–water partition coefficient (Wildman–Crippen LogP) is 4.91. The molecule has 4 aromatic rings. The molecule has 0 amide bonds. The number of nitrogens with two attached hydrogens (primary N) is 1. The van der Waals surface area contributed by atoms with Gasteiger partial charge in [0.2, 0.25) is 0 Å². The Morgan fingerprint density at radius 1 is 0.800 bits per heavy atom. The molecule has 3 heterocycles. The molecule has 0 unspecified atom stereocenters. The summed E-state index contributed by atoms with van der Waals surface area (Å²) >= 11 is 0. The van der Waals surface area contributed by atoms with E-state index in [0.717, 1.165) is 65.0 Å². The van der Waals surface area contributed by atoms with Crippen LogP contribution in [0.5, 0.6) is 0 Å². The number of aromatic nitrogens is 4. The third-order valence-corrected chi connectivity index (χ3v) is 6.99. The highest BCUT2D eigenvalue weighted by Crippen LogP contribution is 2.41. The van der Waals surface area contributed by atoms with Crippen LogP contribution in [0, 0.1) is 0 Å². The average molecular weight is 398 g/mol. The van der Waals surface area contributed by atoms with Gasteiger partial charge in [-0.2, -0.15) is 0 Å². The Morgan fingerprint density at radius 3 is 2.30 bits per heavy atom. The topological polar surface area (TPSA) is 69.6 Å². The molecule has 0 saturated heterocycles. The van der Waals surface area contributed by atoms with Gasteiger partial charge in [-0.25, -0.2) is 15.0 Å². The summed E-state index contributed by atoms with van der Waals surface area (Å²) < 4.78 is 2.21. The fourth-order valence-corrected chi connectivity index (χ4v) is 5.44. The fourth-order valence-electron chi connectivity index (χ4n) is 5.44. The number of para-hydroxylation sites is 2. The van der Waals surface area contributed by atoms with Gasteiger partial charge in [0, 0.05) is 29.7 Å². The van der Waals surface area contributed by atoms with Gasteiger partial charge >= 0.3 is 0 Å². The van der Waals surface area contributed by atoms with Crippen molar-refractivity contribution >= 4 is 27.8 Å². The van der Waals surface area contributed by atoms with Crippen molar-refractivity contribution in [1.82, 2.24) is 19.5 Å². The number of hydrogen-bond donors (Lipinski definition) is 1. The van der Waals surface area contributed by atoms with E-state index >= 15 is 0 Å². The first-order chi connectivity index (χ1) is 14.7. The van der Waals surface area contributed by atoms with Gasteiger partial charge in [0.25, 0.3) is 0 Å². The summed E-state index contributed by atoms with van der Waals surface area (Å²) in [5, 5.41) is 1.02. The predicted molar refractivity (Wildman–Crippen MR) is 122 cm³/mol. The van der Waals surface area contributed by atoms with E-state index in [9.17, 15) is 0 Å². The van der Waals surface area contributed by atoms with E-state index in [-0.39, 0.29) is 0 Å². The molecule has 0 bridgehead atoms. The molecular weight excluding hydrogens is 370 g/mol. The summed E-state index contributed by atoms with van der Waals surface area (Å²) in [6.45, 7) is 0. The van der Waals surface area contributed by atoms with Crippen LogP contribution in [0.15, 0.2) is 24.3 Å². The van der Waals surface area contributed by atoms with Crippen LogP contribution in [0.3, 0.4) is 0 Å². The number of anilines is 1. The van der Waals surface area contributed by atoms with Crippen molar-refractivity contribution in [1.29, 1.82) is 0 Å². The Morgan fingerprint density at radius 2 is 1.47 bits per heavy atom. The van der Waals surface area contributed by atoms with Crippen LogP contribution < -0.4 is 5.73 Å². The Bertz CT molecular complexity index is 1300. The summed E-state index contributed by atoms with van der Waals surface area (Å²) in [5.74, 6) is 0.990. The molecule has 0 fully saturated rings. The van der Waals surface area contributed by atoms with Gasteiger partial charge in [0.1, 0.15) is 5.82 Å². The summed E-state index contributed by atoms with van der Waals surface area (Å²) in [5.41, 5.74) is 16.9. The smallest absolute Gasteiger partial charge is 0.162 e. The van der Waals surface area contributed by atoms with E-state index in [2.05, 4.69) is 35.9 Å². The molecule has 0 atom stereocenters. The van der Waals surface area contributed by atoms with Crippen molar-refractivity contribution in [3.63, 3.8) is 0 Å². The first-order valence-corrected chi connectivity index (χ1v) is 11.3. The Hall–Kier alpha value is -2.95. The van der Waals surface area contributed by atoms with Gasteiger partial charge in [0.05, 0.1) is 16.4 Å². The number of imidazole rings is 1. The fraction of sp³-hybridized carbons (Fsp3) is 0.400. The Kier molecular flexibility index (Phi) is 4.05. The molecule has 2 aliphatic rings. The largest absolute Gasteiger partial charge is 0.398 e. The van der Waals surface area contributed by atoms with Gasteiger partial charge < -0.3 is 10.3 Å². The van der Waals surface area contributed by atoms with E-state index in [1.807, 2.05) is 0 Å². The summed E-state index contributed by atoms with van der Waals surface area (Å²) in [6.07, 6.45) is 10.1. The lowest BCUT2D eigenvalue weighted by molar-refractivity contribution is 0.670. The zero-order valence-electron chi connectivity index (χ0n) is 17.5. The molecule has 152 valence electrons. The molecule has 0 radical (unpaired) electrons. The molecule has 0 aliphatic heterocycles. The monoisotopic (exact) mass is 397 g/mol. The second-order valence-electron chi connectivity index (χ2n) is 8.81. The Labute approximate surface area is 176 Å². The SMILES string of the molecule is Cn1c(-c2c3c(nc4nc5c(c(N)c24)CCCCC5)CCCC3)nc2ccccc21. The maximum atomic E-state index is 6.91. The van der Waals surface area contributed by atoms with Gasteiger partial charge in [-0.1, -0.05) is 18.6 Å². The van der Waals surface area contributed by atoms with Crippen molar-refractivity contribution in [2.24, 2.45) is 7.05 Å². The van der Waals surface area contributed by atoms with Crippen LogP contribution in [0.1, 0.15) is 54.6 Å². The molecule has 0 saturated carbocycles. The molecule has 5 heteroatoms. The number of nitrogens with zero attached hydrogens (tertiary/aromatic N) is 4. The molecule has 1 aromatic carbocycles. The first kappa shape index (κ1) is 17.9. The van der Waals surface area contributed by atoms with E-state index in [1.54, 1.807) is 0 Å². The molecule has 2 aliphatic carbocycles. The minimum atomic E-state index is 0.816. The lowest BCUT2D eigenvalue weighted by Crippen LogP contribution is -2.13. The van der Waals surface area contributed by atoms with Crippen LogP contribution in [0.4, 0.5) is 5.69 Å². The van der Waals surface area contributed by atoms with E-state index in [0.29, 0.717) is 0 Å². The molecule has 6 rings (SSSR count). The normalized spacial score (nSPS) is 16.4. The lowest BCUT2D eigenvalue weighted by atomic mass is 9.88. The molecule has 2 N–H and O–H groups in total. The maximum absolute atomic E-state index is 6.91. The third-order valence-electron chi connectivity index (χ3n) is 6.99. The number of benzene rings is 1. The van der Waals surface area contributed by atoms with Gasteiger partial charge in [-0.05, 0) is 74.6 Å². The second-order valence-corrected chi connectivity index (χ2v) is 8.81. The second kappa shape index (κ2) is 6.79. The van der Waals surface area contributed by atoms with Crippen LogP contribution in [-0.2, 0) is 32.7 Å². The molecule has 0 spiro atoms. The number of nitrogen functional groups attached to an aromatic ring is 1. The average Bonchev–Trinajstić information content (AvgIpc) is 2.93. The highest BCUT2D eigenvalue weighted by atomic mass is 15.1. The molecule has 3 aromatic heterocycles. The number of fused-ring (bicyclic) bond motifs is 4. The van der Waals surface area contributed by atoms with Crippen LogP contribution in [0.2, 0.25) is 0 Å². The quantitative estimate of drug-likeness (QED) is 0.463. The van der Waals surface area contributed by atoms with Gasteiger partial charge in [0.15, 0.2) is 5.65 Å². The van der Waals surface area contributed by atoms with Gasteiger partial charge in [-0.3, -0.25) is 0 Å². The number of hydrogen-bond acceptors (Lipinski definition) is 4. The third kappa shape index (κ3) is 2.57. The van der Waals surface area contributed by atoms with Crippen LogP contribution in [-0.4, -0.2) is 19.5 Å². The van der Waals surface area contributed by atoms with Gasteiger partial charge in [-0.15, -0.1) is 0 Å². The standard InChI is InChI=1S/C25H27N5/c1-30-20-14-8-7-13-19(20)29-25(30)21-15-9-5-6-12-17(15)27-24-22(21)23(26)16-10-3-2-4-11-18(16)28-24/h7-8,13-14H,2-6,9-12H2,1H3,(H2,26,27,28). The van der Waals surface area contributed by atoms with Crippen LogP contribution in [0.25, 0.3) is 33.5 Å². The van der Waals surface area contributed by atoms with Crippen molar-refractivity contribution in [3.05, 3.63) is 46.8 Å². The molecule has 30 heavy (non-hydrogen) atoms. The minimum absolute atomic E-state index is 0.816. The number of aryl methyl sites for hydroxylation is 3. The first-order valence-electron chi connectivity index (χ1n) is 11.3. The zero-order valence-corrected chi connectivity index (χ0v) is 17.5. The lowest BCUT2D eigenvalue weighted by Gasteiger charge is -2.22. The number of rotatable bonds is 1. The van der Waals surface area contributed by atoms with Crippen molar-refractivity contribution in [2.45, 2.75) is 57.8 Å². The zero-order chi connectivity index (χ0) is 20.2. The van der Waals surface area contributed by atoms with Crippen molar-refractivity contribution in [2.75, 3.05) is 5.73 Å². The summed E-state index contributed by atoms with van der Waals surface area (Å²) in [4.78, 5) is 15.2. The van der Waals surface area contributed by atoms with E-state index in [4.69, 9.17) is 20.7 Å². The van der Waals surface area contributed by atoms with E-state index < -0.39 is 0 Å². The number of pyridine rings is 2. The van der Waals surface area contributed by atoms with E-state index in [1.165, 1.54) is 54.5 Å². The Balaban J connectivity index is 1.74. The molecule has 5 nitrogen and oxygen atoms in total. The van der Waals surface area contributed by atoms with Crippen LogP contribution >= 0.6 is 0 Å². The molecular formula is C25H27N5. The highest BCUT2D eigenvalue weighted by molar-refractivity contribution is 6.03. The van der Waals surface area contributed by atoms with Crippen molar-refractivity contribution < 1.29 is 0 Å². The summed E-state index contributed by atoms with van der Waals surface area (Å²) in [6, 6.07) is 8.34. The summed E-state index contributed by atoms with van der Waals surface area (Å²) in [7, 11) is 2.11. The van der Waals surface area contributed by atoms with Crippen molar-refractivity contribution in [3.8, 4) is 11.4 Å².